The van der Waals surface area contributed by atoms with Gasteiger partial charge in [0.2, 0.25) is 11.8 Å². The third-order valence-corrected chi connectivity index (χ3v) is 6.66. The summed E-state index contributed by atoms with van der Waals surface area (Å²) in [6.07, 6.45) is 6.76. The van der Waals surface area contributed by atoms with Crippen molar-refractivity contribution in [1.29, 1.82) is 0 Å². The Morgan fingerprint density at radius 1 is 1.00 bits per heavy atom. The number of rotatable bonds is 5. The number of amides is 2. The molecule has 0 N–H and O–H groups in total. The highest BCUT2D eigenvalue weighted by molar-refractivity contribution is 5.80. The summed E-state index contributed by atoms with van der Waals surface area (Å²) in [6, 6.07) is 0. The highest BCUT2D eigenvalue weighted by Crippen LogP contribution is 2.27. The second-order valence-electron chi connectivity index (χ2n) is 8.61. The summed E-state index contributed by atoms with van der Waals surface area (Å²) in [5.41, 5.74) is -0.0768. The maximum Gasteiger partial charge on any atom is 0.332 e. The van der Waals surface area contributed by atoms with Crippen molar-refractivity contribution in [1.82, 2.24) is 28.5 Å². The molecule has 1 saturated heterocycles. The summed E-state index contributed by atoms with van der Waals surface area (Å²) in [7, 11) is 3.03. The Balaban J connectivity index is 1.31. The number of carbonyl (C=O) groups is 2. The minimum Gasteiger partial charge on any atom is -0.339 e. The Kier molecular flexibility index (Phi) is 5.97. The van der Waals surface area contributed by atoms with Crippen molar-refractivity contribution in [2.75, 3.05) is 26.2 Å². The fourth-order valence-corrected chi connectivity index (χ4v) is 4.73. The number of hydrogen-bond donors (Lipinski definition) is 0. The molecule has 1 aliphatic carbocycles. The summed E-state index contributed by atoms with van der Waals surface area (Å²) in [5, 5.41) is 0. The minimum atomic E-state index is -0.413. The van der Waals surface area contributed by atoms with E-state index in [1.165, 1.54) is 11.6 Å². The maximum atomic E-state index is 12.6. The van der Waals surface area contributed by atoms with Gasteiger partial charge >= 0.3 is 5.69 Å². The molecule has 2 aromatic rings. The van der Waals surface area contributed by atoms with Gasteiger partial charge in [-0.1, -0.05) is 12.8 Å². The van der Waals surface area contributed by atoms with Crippen LogP contribution in [0.2, 0.25) is 0 Å². The molecule has 0 spiro atoms. The van der Waals surface area contributed by atoms with Gasteiger partial charge in [0.1, 0.15) is 0 Å². The summed E-state index contributed by atoms with van der Waals surface area (Å²) < 4.78 is 4.13. The smallest absolute Gasteiger partial charge is 0.332 e. The molecular formula is C21H30N6O4. The molecule has 168 valence electrons. The molecular weight excluding hydrogens is 400 g/mol. The number of aromatic nitrogens is 4. The van der Waals surface area contributed by atoms with Crippen LogP contribution >= 0.6 is 0 Å². The highest BCUT2D eigenvalue weighted by atomic mass is 16.2. The van der Waals surface area contributed by atoms with Crippen molar-refractivity contribution < 1.29 is 9.59 Å². The Morgan fingerprint density at radius 3 is 2.32 bits per heavy atom. The maximum absolute atomic E-state index is 12.6. The van der Waals surface area contributed by atoms with Crippen molar-refractivity contribution >= 4 is 23.0 Å². The van der Waals surface area contributed by atoms with E-state index in [1.54, 1.807) is 17.9 Å². The first-order valence-corrected chi connectivity index (χ1v) is 11.1. The topological polar surface area (TPSA) is 102 Å². The second kappa shape index (κ2) is 8.68. The van der Waals surface area contributed by atoms with Gasteiger partial charge < -0.3 is 14.4 Å². The first-order valence-electron chi connectivity index (χ1n) is 11.1. The van der Waals surface area contributed by atoms with E-state index in [1.807, 2.05) is 9.80 Å². The number of hydrogen-bond acceptors (Lipinski definition) is 5. The molecule has 0 atom stereocenters. The molecule has 2 aromatic heterocycles. The zero-order valence-electron chi connectivity index (χ0n) is 18.2. The van der Waals surface area contributed by atoms with Crippen molar-refractivity contribution in [2.45, 2.75) is 45.1 Å². The van der Waals surface area contributed by atoms with Gasteiger partial charge in [-0.2, -0.15) is 0 Å². The van der Waals surface area contributed by atoms with Crippen LogP contribution in [0.5, 0.6) is 0 Å². The molecule has 10 heteroatoms. The van der Waals surface area contributed by atoms with Crippen molar-refractivity contribution in [2.24, 2.45) is 20.0 Å². The molecule has 1 aliphatic heterocycles. The summed E-state index contributed by atoms with van der Waals surface area (Å²) in [6.45, 7) is 2.84. The predicted octanol–water partition coefficient (Wildman–Crippen LogP) is 0.0749. The van der Waals surface area contributed by atoms with E-state index in [0.29, 0.717) is 56.7 Å². The summed E-state index contributed by atoms with van der Waals surface area (Å²) in [4.78, 5) is 57.6. The van der Waals surface area contributed by atoms with Crippen LogP contribution in [0.1, 0.15) is 38.5 Å². The summed E-state index contributed by atoms with van der Waals surface area (Å²) in [5.74, 6) is 0.504. The molecule has 0 aromatic carbocycles. The van der Waals surface area contributed by atoms with E-state index < -0.39 is 5.69 Å². The number of nitrogens with zero attached hydrogens (tertiary/aromatic N) is 6. The van der Waals surface area contributed by atoms with Crippen LogP contribution < -0.4 is 11.2 Å². The molecule has 2 aliphatic rings. The molecule has 0 bridgehead atoms. The Hall–Kier alpha value is -2.91. The van der Waals surface area contributed by atoms with Crippen LogP contribution in [0, 0.1) is 5.92 Å². The minimum absolute atomic E-state index is 0.0673. The lowest BCUT2D eigenvalue weighted by molar-refractivity contribution is -0.142. The number of carbonyl (C=O) groups excluding carboxylic acids is 2. The molecule has 1 saturated carbocycles. The molecule has 0 radical (unpaired) electrons. The standard InChI is InChI=1S/C21H30N6O4/c1-23-18-17(20(30)24(2)21(23)31)27(14-22-18)9-5-8-16(28)25-10-12-26(13-11-25)19(29)15-6-3-4-7-15/h14-15H,3-13H2,1-2H3. The third-order valence-electron chi connectivity index (χ3n) is 6.66. The van der Waals surface area contributed by atoms with Gasteiger partial charge in [-0.25, -0.2) is 9.78 Å². The average molecular weight is 431 g/mol. The van der Waals surface area contributed by atoms with E-state index in [4.69, 9.17) is 0 Å². The quantitative estimate of drug-likeness (QED) is 0.668. The van der Waals surface area contributed by atoms with Crippen LogP contribution in [-0.2, 0) is 30.2 Å². The lowest BCUT2D eigenvalue weighted by atomic mass is 10.1. The molecule has 10 nitrogen and oxygen atoms in total. The van der Waals surface area contributed by atoms with Gasteiger partial charge in [0.15, 0.2) is 11.2 Å². The Bertz CT molecular complexity index is 1100. The predicted molar refractivity (Wildman–Crippen MR) is 115 cm³/mol. The van der Waals surface area contributed by atoms with Crippen molar-refractivity contribution in [3.63, 3.8) is 0 Å². The SMILES string of the molecule is Cn1c(=O)c2c(ncn2CCCC(=O)N2CCN(C(=O)C3CCCC3)CC2)n(C)c1=O. The molecule has 4 rings (SSSR count). The molecule has 2 amide bonds. The van der Waals surface area contributed by atoms with Gasteiger partial charge in [-0.3, -0.25) is 23.5 Å². The monoisotopic (exact) mass is 430 g/mol. The average Bonchev–Trinajstić information content (AvgIpc) is 3.46. The third kappa shape index (κ3) is 4.03. The largest absolute Gasteiger partial charge is 0.339 e. The number of imidazole rings is 1. The van der Waals surface area contributed by atoms with Crippen LogP contribution in [0.25, 0.3) is 11.2 Å². The lowest BCUT2D eigenvalue weighted by Gasteiger charge is -2.36. The zero-order valence-corrected chi connectivity index (χ0v) is 18.2. The van der Waals surface area contributed by atoms with Crippen LogP contribution in [0.15, 0.2) is 15.9 Å². The highest BCUT2D eigenvalue weighted by Gasteiger charge is 2.30. The van der Waals surface area contributed by atoms with Gasteiger partial charge in [0.05, 0.1) is 6.33 Å². The zero-order chi connectivity index (χ0) is 22.1. The van der Waals surface area contributed by atoms with E-state index in [2.05, 4.69) is 4.98 Å². The number of fused-ring (bicyclic) bond motifs is 1. The number of piperazine rings is 1. The first kappa shape index (κ1) is 21.3. The lowest BCUT2D eigenvalue weighted by Crippen LogP contribution is -2.51. The fourth-order valence-electron chi connectivity index (χ4n) is 4.73. The van der Waals surface area contributed by atoms with E-state index >= 15 is 0 Å². The van der Waals surface area contributed by atoms with Crippen molar-refractivity contribution in [3.8, 4) is 0 Å². The van der Waals surface area contributed by atoms with Crippen LogP contribution in [0.4, 0.5) is 0 Å². The van der Waals surface area contributed by atoms with Gasteiger partial charge in [-0.15, -0.1) is 0 Å². The molecule has 2 fully saturated rings. The second-order valence-corrected chi connectivity index (χ2v) is 8.61. The van der Waals surface area contributed by atoms with Gasteiger partial charge in [0, 0.05) is 59.2 Å². The first-order chi connectivity index (χ1) is 14.9. The van der Waals surface area contributed by atoms with Crippen LogP contribution in [0.3, 0.4) is 0 Å². The van der Waals surface area contributed by atoms with Gasteiger partial charge in [0.25, 0.3) is 5.56 Å². The van der Waals surface area contributed by atoms with Crippen LogP contribution in [-0.4, -0.2) is 66.5 Å². The fraction of sp³-hybridized carbons (Fsp3) is 0.667. The van der Waals surface area contributed by atoms with E-state index in [9.17, 15) is 19.2 Å². The van der Waals surface area contributed by atoms with Crippen molar-refractivity contribution in [3.05, 3.63) is 27.2 Å². The molecule has 0 unspecified atom stereocenters. The van der Waals surface area contributed by atoms with Gasteiger partial charge in [-0.05, 0) is 19.3 Å². The van der Waals surface area contributed by atoms with E-state index in [0.717, 1.165) is 30.3 Å². The Labute approximate surface area is 180 Å². The van der Waals surface area contributed by atoms with E-state index in [-0.39, 0.29) is 23.3 Å². The normalized spacial score (nSPS) is 17.6. The molecule has 31 heavy (non-hydrogen) atoms. The molecule has 3 heterocycles. The number of aryl methyl sites for hydroxylation is 2. The summed E-state index contributed by atoms with van der Waals surface area (Å²) >= 11 is 0. The Morgan fingerprint density at radius 2 is 1.65 bits per heavy atom.